The van der Waals surface area contributed by atoms with E-state index in [4.69, 9.17) is 11.6 Å². The van der Waals surface area contributed by atoms with Crippen molar-refractivity contribution in [3.05, 3.63) is 0 Å². The van der Waals surface area contributed by atoms with Gasteiger partial charge < -0.3 is 4.55 Å². The maximum atomic E-state index is 10.1. The Morgan fingerprint density at radius 3 is 2.17 bits per heavy atom. The van der Waals surface area contributed by atoms with Crippen molar-refractivity contribution in [3.63, 3.8) is 0 Å². The Morgan fingerprint density at radius 2 is 2.17 bits per heavy atom. The van der Waals surface area contributed by atoms with E-state index in [0.29, 0.717) is 11.5 Å². The van der Waals surface area contributed by atoms with Gasteiger partial charge in [0.25, 0.3) is 0 Å². The highest BCUT2D eigenvalue weighted by Gasteiger charge is 2.28. The lowest BCUT2D eigenvalue weighted by Crippen LogP contribution is -2.36. The minimum Gasteiger partial charge on any atom is -0.616 e. The second-order valence-electron chi connectivity index (χ2n) is 1.37. The van der Waals surface area contributed by atoms with E-state index < -0.39 is 11.2 Å². The topological polar surface area (TPSA) is 23.1 Å². The summed E-state index contributed by atoms with van der Waals surface area (Å²) in [6.45, 7) is 0. The predicted molar refractivity (Wildman–Crippen MR) is 27.5 cm³/mol. The lowest BCUT2D eigenvalue weighted by atomic mass is 10.5. The molecule has 1 saturated heterocycles. The molecule has 0 spiro atoms. The number of hydrogen-bond acceptors (Lipinski definition) is 1. The van der Waals surface area contributed by atoms with E-state index in [0.717, 1.165) is 0 Å². The SMILES string of the molecule is [O-][S@+]1C[C@@H](Cl)C1. The van der Waals surface area contributed by atoms with Crippen LogP contribution in [-0.4, -0.2) is 21.4 Å². The molecule has 1 nitrogen and oxygen atoms in total. The molecule has 0 aromatic heterocycles. The van der Waals surface area contributed by atoms with Crippen LogP contribution in [0.25, 0.3) is 0 Å². The first-order chi connectivity index (χ1) is 2.79. The third kappa shape index (κ3) is 0.806. The summed E-state index contributed by atoms with van der Waals surface area (Å²) in [5.74, 6) is 1.42. The van der Waals surface area contributed by atoms with E-state index in [-0.39, 0.29) is 5.38 Å². The van der Waals surface area contributed by atoms with Crippen LogP contribution < -0.4 is 0 Å². The van der Waals surface area contributed by atoms with Crippen molar-refractivity contribution in [1.29, 1.82) is 0 Å². The monoisotopic (exact) mass is 124 g/mol. The molecule has 0 atom stereocenters. The second-order valence-corrected chi connectivity index (χ2v) is 3.53. The summed E-state index contributed by atoms with van der Waals surface area (Å²) < 4.78 is 10.1. The summed E-state index contributed by atoms with van der Waals surface area (Å²) in [5, 5.41) is 0.214. The third-order valence-electron chi connectivity index (χ3n) is 0.733. The van der Waals surface area contributed by atoms with E-state index in [1.54, 1.807) is 0 Å². The van der Waals surface area contributed by atoms with Crippen LogP contribution >= 0.6 is 11.6 Å². The molecule has 0 aromatic carbocycles. The van der Waals surface area contributed by atoms with E-state index in [2.05, 4.69) is 0 Å². The highest BCUT2D eigenvalue weighted by Crippen LogP contribution is 2.15. The Balaban J connectivity index is 2.11. The van der Waals surface area contributed by atoms with Gasteiger partial charge in [-0.15, -0.1) is 11.6 Å². The summed E-state index contributed by atoms with van der Waals surface area (Å²) in [6.07, 6.45) is 0. The summed E-state index contributed by atoms with van der Waals surface area (Å²) in [6, 6.07) is 0. The van der Waals surface area contributed by atoms with Crippen molar-refractivity contribution >= 4 is 22.8 Å². The van der Waals surface area contributed by atoms with Gasteiger partial charge in [0.05, 0.1) is 0 Å². The summed E-state index contributed by atoms with van der Waals surface area (Å²) in [7, 11) is 0. The fraction of sp³-hybridized carbons (Fsp3) is 1.00. The van der Waals surface area contributed by atoms with E-state index in [1.165, 1.54) is 0 Å². The summed E-state index contributed by atoms with van der Waals surface area (Å²) in [4.78, 5) is 0. The smallest absolute Gasteiger partial charge is 0.126 e. The Hall–Kier alpha value is 0.600. The number of rotatable bonds is 0. The van der Waals surface area contributed by atoms with Gasteiger partial charge in [0.15, 0.2) is 0 Å². The number of alkyl halides is 1. The van der Waals surface area contributed by atoms with Gasteiger partial charge in [0.1, 0.15) is 16.9 Å². The van der Waals surface area contributed by atoms with Crippen molar-refractivity contribution in [2.75, 3.05) is 11.5 Å². The fourth-order valence-corrected chi connectivity index (χ4v) is 1.91. The van der Waals surface area contributed by atoms with Gasteiger partial charge in [-0.3, -0.25) is 0 Å². The normalized spacial score (nSPS) is 45.0. The average Bonchev–Trinajstić information content (AvgIpc) is 1.33. The van der Waals surface area contributed by atoms with Crippen molar-refractivity contribution in [3.8, 4) is 0 Å². The van der Waals surface area contributed by atoms with Crippen LogP contribution in [-0.2, 0) is 11.2 Å². The van der Waals surface area contributed by atoms with Crippen LogP contribution in [0, 0.1) is 0 Å². The molecular weight excluding hydrogens is 120 g/mol. The minimum absolute atomic E-state index is 0.214. The Labute approximate surface area is 44.9 Å². The molecule has 36 valence electrons. The van der Waals surface area contributed by atoms with E-state index in [9.17, 15) is 4.55 Å². The Kier molecular flexibility index (Phi) is 1.27. The zero-order valence-corrected chi connectivity index (χ0v) is 4.76. The maximum Gasteiger partial charge on any atom is 0.126 e. The number of hydrogen-bond donors (Lipinski definition) is 0. The second kappa shape index (κ2) is 1.60. The number of halogens is 1. The first kappa shape index (κ1) is 4.75. The van der Waals surface area contributed by atoms with Gasteiger partial charge in [-0.1, -0.05) is 11.2 Å². The molecule has 0 aromatic rings. The van der Waals surface area contributed by atoms with Crippen molar-refractivity contribution < 1.29 is 4.55 Å². The lowest BCUT2D eigenvalue weighted by molar-refractivity contribution is 0.580. The fourth-order valence-electron chi connectivity index (χ4n) is 0.355. The van der Waals surface area contributed by atoms with Crippen LogP contribution in [0.15, 0.2) is 0 Å². The van der Waals surface area contributed by atoms with E-state index in [1.807, 2.05) is 0 Å². The minimum atomic E-state index is -0.554. The van der Waals surface area contributed by atoms with Gasteiger partial charge in [-0.05, 0) is 0 Å². The highest BCUT2D eigenvalue weighted by atomic mass is 35.5. The molecule has 1 heterocycles. The molecule has 1 fully saturated rings. The lowest BCUT2D eigenvalue weighted by Gasteiger charge is -2.22. The molecule has 1 rings (SSSR count). The van der Waals surface area contributed by atoms with Gasteiger partial charge >= 0.3 is 0 Å². The standard InChI is InChI=1S/C3H5ClOS/c4-3-1-6(5)2-3/h3H,1-2H2/t3-,6-. The molecule has 0 N–H and O–H groups in total. The molecular formula is C3H5ClOS. The predicted octanol–water partition coefficient (Wildman–Crippen LogP) is 0.356. The van der Waals surface area contributed by atoms with Crippen LogP contribution in [0.5, 0.6) is 0 Å². The van der Waals surface area contributed by atoms with Crippen molar-refractivity contribution in [1.82, 2.24) is 0 Å². The molecule has 0 unspecified atom stereocenters. The van der Waals surface area contributed by atoms with Gasteiger partial charge in [0, 0.05) is 0 Å². The highest BCUT2D eigenvalue weighted by molar-refractivity contribution is 7.93. The first-order valence-corrected chi connectivity index (χ1v) is 3.70. The van der Waals surface area contributed by atoms with Crippen LogP contribution in [0.3, 0.4) is 0 Å². The molecule has 0 radical (unpaired) electrons. The molecule has 0 amide bonds. The summed E-state index contributed by atoms with van der Waals surface area (Å²) in [5.41, 5.74) is 0. The maximum absolute atomic E-state index is 10.1. The third-order valence-corrected chi connectivity index (χ3v) is 2.96. The Morgan fingerprint density at radius 1 is 1.67 bits per heavy atom. The van der Waals surface area contributed by atoms with Gasteiger partial charge in [0.2, 0.25) is 0 Å². The average molecular weight is 125 g/mol. The Bertz CT molecular complexity index is 46.8. The van der Waals surface area contributed by atoms with Crippen LogP contribution in [0.2, 0.25) is 0 Å². The van der Waals surface area contributed by atoms with Crippen LogP contribution in [0.4, 0.5) is 0 Å². The van der Waals surface area contributed by atoms with Crippen molar-refractivity contribution in [2.45, 2.75) is 5.38 Å². The zero-order chi connectivity index (χ0) is 4.57. The molecule has 0 saturated carbocycles. The van der Waals surface area contributed by atoms with Gasteiger partial charge in [-0.2, -0.15) is 0 Å². The zero-order valence-electron chi connectivity index (χ0n) is 3.19. The molecule has 1 aliphatic rings. The van der Waals surface area contributed by atoms with Crippen molar-refractivity contribution in [2.24, 2.45) is 0 Å². The van der Waals surface area contributed by atoms with E-state index >= 15 is 0 Å². The summed E-state index contributed by atoms with van der Waals surface area (Å²) >= 11 is 4.90. The van der Waals surface area contributed by atoms with Gasteiger partial charge in [-0.25, -0.2) is 0 Å². The van der Waals surface area contributed by atoms with Crippen LogP contribution in [0.1, 0.15) is 0 Å². The largest absolute Gasteiger partial charge is 0.616 e. The molecule has 1 aliphatic heterocycles. The molecule has 0 bridgehead atoms. The molecule has 0 aliphatic carbocycles. The molecule has 6 heavy (non-hydrogen) atoms. The first-order valence-electron chi connectivity index (χ1n) is 1.78. The quantitative estimate of drug-likeness (QED) is 0.338. The molecule has 3 heteroatoms.